The predicted molar refractivity (Wildman–Crippen MR) is 115 cm³/mol. The molecule has 160 valence electrons. The molecule has 0 bridgehead atoms. The maximum Gasteiger partial charge on any atom is 0.313 e. The van der Waals surface area contributed by atoms with Crippen LogP contribution in [0.5, 0.6) is 11.5 Å². The molecule has 1 heterocycles. The molecule has 0 aliphatic carbocycles. The van der Waals surface area contributed by atoms with Crippen LogP contribution in [0.1, 0.15) is 11.6 Å². The third kappa shape index (κ3) is 5.21. The molecule has 0 aromatic heterocycles. The highest BCUT2D eigenvalue weighted by Gasteiger charge is 2.22. The van der Waals surface area contributed by atoms with Crippen LogP contribution in [0.4, 0.5) is 11.4 Å². The van der Waals surface area contributed by atoms with Crippen LogP contribution in [0.25, 0.3) is 0 Å². The minimum atomic E-state index is -0.720. The van der Waals surface area contributed by atoms with Crippen molar-refractivity contribution in [3.8, 4) is 11.5 Å². The number of likely N-dealkylation sites (N-methyl/N-ethyl adjacent to an activating group) is 1. The van der Waals surface area contributed by atoms with Gasteiger partial charge in [0.15, 0.2) is 11.5 Å². The van der Waals surface area contributed by atoms with Gasteiger partial charge in [-0.15, -0.1) is 0 Å². The molecule has 8 nitrogen and oxygen atoms in total. The van der Waals surface area contributed by atoms with Gasteiger partial charge in [0.1, 0.15) is 19.3 Å². The molecule has 0 saturated carbocycles. The number of amides is 2. The molecule has 0 spiro atoms. The first kappa shape index (κ1) is 21.4. The summed E-state index contributed by atoms with van der Waals surface area (Å²) in [5, 5.41) is 5.35. The van der Waals surface area contributed by atoms with Crippen molar-refractivity contribution in [2.75, 3.05) is 58.2 Å². The Morgan fingerprint density at radius 2 is 1.67 bits per heavy atom. The SMILES string of the molecule is CN(C)c1ccc([C@@H](CNC(=O)C(=O)Nc2ccc3c(c2)OCCO3)[NH+](C)C)cc1. The third-order valence-electron chi connectivity index (χ3n) is 4.98. The summed E-state index contributed by atoms with van der Waals surface area (Å²) in [6.45, 7) is 1.29. The Labute approximate surface area is 176 Å². The average Bonchev–Trinajstić information content (AvgIpc) is 2.73. The molecule has 1 aliphatic rings. The van der Waals surface area contributed by atoms with Gasteiger partial charge in [-0.2, -0.15) is 0 Å². The summed E-state index contributed by atoms with van der Waals surface area (Å²) >= 11 is 0. The normalized spacial score (nSPS) is 13.5. The molecule has 8 heteroatoms. The van der Waals surface area contributed by atoms with Crippen LogP contribution in [-0.2, 0) is 9.59 Å². The standard InChI is InChI=1S/C22H28N4O4/c1-25(2)17-8-5-15(6-9-17)18(26(3)4)14-23-21(27)22(28)24-16-7-10-19-20(13-16)30-12-11-29-19/h5-10,13,18H,11-12,14H2,1-4H3,(H,23,27)(H,24,28)/p+1/t18-/m1/s1. The van der Waals surface area contributed by atoms with Gasteiger partial charge in [0.2, 0.25) is 0 Å². The third-order valence-corrected chi connectivity index (χ3v) is 4.98. The minimum absolute atomic E-state index is 0.0206. The largest absolute Gasteiger partial charge is 0.486 e. The smallest absolute Gasteiger partial charge is 0.313 e. The van der Waals surface area contributed by atoms with E-state index in [0.717, 1.165) is 16.2 Å². The monoisotopic (exact) mass is 413 g/mol. The maximum absolute atomic E-state index is 12.3. The first-order chi connectivity index (χ1) is 14.3. The highest BCUT2D eigenvalue weighted by Crippen LogP contribution is 2.32. The van der Waals surface area contributed by atoms with Gasteiger partial charge in [-0.25, -0.2) is 0 Å². The van der Waals surface area contributed by atoms with E-state index < -0.39 is 11.8 Å². The molecule has 3 rings (SSSR count). The van der Waals surface area contributed by atoms with Gasteiger partial charge in [0.25, 0.3) is 0 Å². The first-order valence-corrected chi connectivity index (χ1v) is 9.91. The number of anilines is 2. The Morgan fingerprint density at radius 3 is 2.30 bits per heavy atom. The van der Waals surface area contributed by atoms with E-state index in [9.17, 15) is 9.59 Å². The number of fused-ring (bicyclic) bond motifs is 1. The van der Waals surface area contributed by atoms with E-state index in [0.29, 0.717) is 36.9 Å². The van der Waals surface area contributed by atoms with Crippen LogP contribution in [0.2, 0.25) is 0 Å². The van der Waals surface area contributed by atoms with Crippen molar-refractivity contribution < 1.29 is 24.0 Å². The summed E-state index contributed by atoms with van der Waals surface area (Å²) in [6, 6.07) is 13.3. The Kier molecular flexibility index (Phi) is 6.79. The number of benzene rings is 2. The van der Waals surface area contributed by atoms with E-state index in [4.69, 9.17) is 9.47 Å². The van der Waals surface area contributed by atoms with Gasteiger partial charge >= 0.3 is 11.8 Å². The van der Waals surface area contributed by atoms with Crippen molar-refractivity contribution in [2.45, 2.75) is 6.04 Å². The van der Waals surface area contributed by atoms with Crippen molar-refractivity contribution in [1.29, 1.82) is 0 Å². The van der Waals surface area contributed by atoms with Crippen molar-refractivity contribution in [3.05, 3.63) is 48.0 Å². The molecule has 1 atom stereocenters. The number of nitrogens with one attached hydrogen (secondary N) is 3. The van der Waals surface area contributed by atoms with Crippen LogP contribution in [0.15, 0.2) is 42.5 Å². The lowest BCUT2D eigenvalue weighted by molar-refractivity contribution is -0.890. The second kappa shape index (κ2) is 9.49. The molecular weight excluding hydrogens is 384 g/mol. The molecule has 2 amide bonds. The van der Waals surface area contributed by atoms with E-state index in [-0.39, 0.29) is 6.04 Å². The summed E-state index contributed by atoms with van der Waals surface area (Å²) in [5.41, 5.74) is 2.68. The molecule has 2 aromatic rings. The second-order valence-corrected chi connectivity index (χ2v) is 7.64. The molecule has 30 heavy (non-hydrogen) atoms. The number of nitrogens with zero attached hydrogens (tertiary/aromatic N) is 1. The van der Waals surface area contributed by atoms with Gasteiger partial charge < -0.3 is 29.9 Å². The highest BCUT2D eigenvalue weighted by atomic mass is 16.6. The van der Waals surface area contributed by atoms with E-state index in [1.54, 1.807) is 18.2 Å². The van der Waals surface area contributed by atoms with E-state index in [2.05, 4.69) is 22.8 Å². The van der Waals surface area contributed by atoms with Crippen molar-refractivity contribution in [2.24, 2.45) is 0 Å². The van der Waals surface area contributed by atoms with Gasteiger partial charge in [-0.05, 0) is 24.3 Å². The topological polar surface area (TPSA) is 84.3 Å². The number of hydrogen-bond donors (Lipinski definition) is 3. The molecule has 0 radical (unpaired) electrons. The summed E-state index contributed by atoms with van der Waals surface area (Å²) in [7, 11) is 8.02. The van der Waals surface area contributed by atoms with Crippen LogP contribution in [0, 0.1) is 0 Å². The maximum atomic E-state index is 12.3. The van der Waals surface area contributed by atoms with Crippen LogP contribution < -0.4 is 29.9 Å². The predicted octanol–water partition coefficient (Wildman–Crippen LogP) is 0.464. The summed E-state index contributed by atoms with van der Waals surface area (Å²) in [5.74, 6) is -0.221. The summed E-state index contributed by atoms with van der Waals surface area (Å²) < 4.78 is 11.0. The second-order valence-electron chi connectivity index (χ2n) is 7.64. The Bertz CT molecular complexity index is 897. The number of ether oxygens (including phenoxy) is 2. The molecule has 0 unspecified atom stereocenters. The number of hydrogen-bond acceptors (Lipinski definition) is 5. The van der Waals surface area contributed by atoms with Gasteiger partial charge in [-0.1, -0.05) is 12.1 Å². The molecule has 0 fully saturated rings. The van der Waals surface area contributed by atoms with Gasteiger partial charge in [0, 0.05) is 37.1 Å². The fourth-order valence-electron chi connectivity index (χ4n) is 3.24. The fraction of sp³-hybridized carbons (Fsp3) is 0.364. The zero-order chi connectivity index (χ0) is 21.7. The van der Waals surface area contributed by atoms with E-state index >= 15 is 0 Å². The van der Waals surface area contributed by atoms with E-state index in [1.807, 2.05) is 45.2 Å². The Hall–Kier alpha value is -3.26. The van der Waals surface area contributed by atoms with Crippen LogP contribution in [-0.4, -0.2) is 59.8 Å². The number of quaternary nitrogens is 1. The zero-order valence-electron chi connectivity index (χ0n) is 17.8. The van der Waals surface area contributed by atoms with Crippen molar-refractivity contribution in [1.82, 2.24) is 5.32 Å². The lowest BCUT2D eigenvalue weighted by atomic mass is 10.1. The summed E-state index contributed by atoms with van der Waals surface area (Å²) in [6.07, 6.45) is 0. The molecular formula is C22H29N4O4+. The number of carbonyl (C=O) groups excluding carboxylic acids is 2. The lowest BCUT2D eigenvalue weighted by Gasteiger charge is -2.23. The quantitative estimate of drug-likeness (QED) is 0.600. The number of rotatable bonds is 6. The Balaban J connectivity index is 1.59. The summed E-state index contributed by atoms with van der Waals surface area (Å²) in [4.78, 5) is 27.8. The van der Waals surface area contributed by atoms with Crippen molar-refractivity contribution >= 4 is 23.2 Å². The highest BCUT2D eigenvalue weighted by molar-refractivity contribution is 6.39. The van der Waals surface area contributed by atoms with Crippen LogP contribution >= 0.6 is 0 Å². The van der Waals surface area contributed by atoms with Gasteiger partial charge in [-0.3, -0.25) is 9.59 Å². The molecule has 1 aliphatic heterocycles. The van der Waals surface area contributed by atoms with Gasteiger partial charge in [0.05, 0.1) is 20.6 Å². The van der Waals surface area contributed by atoms with Crippen LogP contribution in [0.3, 0.4) is 0 Å². The Morgan fingerprint density at radius 1 is 1.00 bits per heavy atom. The minimum Gasteiger partial charge on any atom is -0.486 e. The fourth-order valence-corrected chi connectivity index (χ4v) is 3.24. The zero-order valence-corrected chi connectivity index (χ0v) is 17.8. The molecule has 0 saturated heterocycles. The lowest BCUT2D eigenvalue weighted by Crippen LogP contribution is -3.07. The van der Waals surface area contributed by atoms with E-state index in [1.165, 1.54) is 0 Å². The first-order valence-electron chi connectivity index (χ1n) is 9.91. The number of carbonyl (C=O) groups is 2. The molecule has 3 N–H and O–H groups in total. The van der Waals surface area contributed by atoms with Crippen molar-refractivity contribution in [3.63, 3.8) is 0 Å². The molecule has 2 aromatic carbocycles. The average molecular weight is 413 g/mol.